The summed E-state index contributed by atoms with van der Waals surface area (Å²) in [6, 6.07) is 0. The molecule has 0 aromatic heterocycles. The summed E-state index contributed by atoms with van der Waals surface area (Å²) in [4.78, 5) is 23.7. The molecule has 1 saturated carbocycles. The van der Waals surface area contributed by atoms with Crippen molar-refractivity contribution in [2.24, 2.45) is 11.8 Å². The molecular formula is C27H41NO4. The summed E-state index contributed by atoms with van der Waals surface area (Å²) in [7, 11) is 0. The zero-order valence-electron chi connectivity index (χ0n) is 19.9. The molecule has 0 aromatic carbocycles. The Labute approximate surface area is 194 Å². The lowest BCUT2D eigenvalue weighted by Gasteiger charge is -2.26. The molecule has 2 fully saturated rings. The Kier molecular flexibility index (Phi) is 13.0. The Morgan fingerprint density at radius 1 is 1.12 bits per heavy atom. The first-order valence-electron chi connectivity index (χ1n) is 12.4. The lowest BCUT2D eigenvalue weighted by molar-refractivity contribution is -0.193. The molecule has 2 amide bonds. The van der Waals surface area contributed by atoms with Gasteiger partial charge in [-0.05, 0) is 83.0 Å². The quantitative estimate of drug-likeness (QED) is 0.247. The molecule has 0 aromatic rings. The highest BCUT2D eigenvalue weighted by Gasteiger charge is 2.26. The molecule has 2 rings (SSSR count). The van der Waals surface area contributed by atoms with Crippen molar-refractivity contribution in [2.45, 2.75) is 103 Å². The van der Waals surface area contributed by atoms with E-state index >= 15 is 0 Å². The predicted octanol–water partition coefficient (Wildman–Crippen LogP) is 5.45. The van der Waals surface area contributed by atoms with Crippen molar-refractivity contribution >= 4 is 11.8 Å². The third-order valence-corrected chi connectivity index (χ3v) is 6.20. The lowest BCUT2D eigenvalue weighted by atomic mass is 9.92. The first-order valence-corrected chi connectivity index (χ1v) is 12.4. The number of hydrogen-bond donors (Lipinski definition) is 1. The molecule has 2 unspecified atom stereocenters. The Morgan fingerprint density at radius 2 is 2.00 bits per heavy atom. The first-order chi connectivity index (χ1) is 15.6. The van der Waals surface area contributed by atoms with E-state index in [1.54, 1.807) is 0 Å². The van der Waals surface area contributed by atoms with E-state index < -0.39 is 6.10 Å². The van der Waals surface area contributed by atoms with E-state index in [-0.39, 0.29) is 18.1 Å². The van der Waals surface area contributed by atoms with Crippen LogP contribution in [0.4, 0.5) is 0 Å². The van der Waals surface area contributed by atoms with Crippen LogP contribution in [0.1, 0.15) is 90.9 Å². The van der Waals surface area contributed by atoms with Gasteiger partial charge in [-0.25, -0.2) is 0 Å². The number of carbonyl (C=O) groups excluding carboxylic acids is 2. The molecule has 1 heterocycles. The molecule has 4 atom stereocenters. The van der Waals surface area contributed by atoms with Crippen LogP contribution in [-0.4, -0.2) is 30.8 Å². The number of allylic oxidation sites excluding steroid dienone is 4. The van der Waals surface area contributed by atoms with E-state index in [0.717, 1.165) is 51.4 Å². The molecule has 5 heteroatoms. The van der Waals surface area contributed by atoms with Gasteiger partial charge < -0.3 is 9.47 Å². The summed E-state index contributed by atoms with van der Waals surface area (Å²) in [6.07, 6.45) is 20.5. The van der Waals surface area contributed by atoms with Gasteiger partial charge in [0.25, 0.3) is 5.91 Å². The minimum atomic E-state index is -0.661. The first kappa shape index (κ1) is 26.4. The molecule has 0 radical (unpaired) electrons. The smallest absolute Gasteiger partial charge is 0.255 e. The number of amides is 2. The molecular weight excluding hydrogens is 402 g/mol. The van der Waals surface area contributed by atoms with Gasteiger partial charge in [0.05, 0.1) is 0 Å². The third kappa shape index (κ3) is 10.6. The average Bonchev–Trinajstić information content (AvgIpc) is 3.22. The maximum atomic E-state index is 12.4. The number of nitrogens with one attached hydrogen (secondary N) is 1. The largest absolute Gasteiger partial charge is 0.353 e. The zero-order chi connectivity index (χ0) is 23.0. The van der Waals surface area contributed by atoms with Crippen molar-refractivity contribution in [2.75, 3.05) is 6.61 Å². The lowest BCUT2D eigenvalue weighted by Crippen LogP contribution is -2.41. The fourth-order valence-electron chi connectivity index (χ4n) is 4.47. The van der Waals surface area contributed by atoms with Crippen LogP contribution in [0, 0.1) is 23.7 Å². The molecule has 1 aliphatic heterocycles. The predicted molar refractivity (Wildman–Crippen MR) is 128 cm³/mol. The zero-order valence-corrected chi connectivity index (χ0v) is 19.9. The normalized spacial score (nSPS) is 24.4. The Hall–Kier alpha value is -1.90. The summed E-state index contributed by atoms with van der Waals surface area (Å²) in [6.45, 7) is 3.90. The highest BCUT2D eigenvalue weighted by molar-refractivity contribution is 5.96. The molecule has 2 aliphatic rings. The van der Waals surface area contributed by atoms with E-state index in [0.29, 0.717) is 24.9 Å². The Bertz CT molecular complexity index is 682. The van der Waals surface area contributed by atoms with Crippen LogP contribution >= 0.6 is 0 Å². The van der Waals surface area contributed by atoms with Crippen molar-refractivity contribution in [3.63, 3.8) is 0 Å². The number of imide groups is 1. The molecule has 0 spiro atoms. The Morgan fingerprint density at radius 3 is 2.75 bits per heavy atom. The van der Waals surface area contributed by atoms with Gasteiger partial charge in [-0.3, -0.25) is 14.9 Å². The summed E-state index contributed by atoms with van der Waals surface area (Å²) < 4.78 is 11.5. The van der Waals surface area contributed by atoms with E-state index in [2.05, 4.69) is 41.5 Å². The van der Waals surface area contributed by atoms with Gasteiger partial charge in [-0.1, -0.05) is 30.7 Å². The number of unbranched alkanes of at least 4 members (excludes halogenated alkanes) is 2. The van der Waals surface area contributed by atoms with Crippen molar-refractivity contribution in [1.82, 2.24) is 5.32 Å². The minimum Gasteiger partial charge on any atom is -0.353 e. The molecule has 0 bridgehead atoms. The standard InChI is InChI=1S/C27H41NO4/c1-3-4-5-6-7-9-15-23-17-14-18-24(23)16-10-8-11-19-25(27(30)28-22(2)29)32-26-20-12-13-21-31-26/h8-10,15,23-26H,5-7,11-14,16-21H2,1-2H3,(H,28,29,30)/t23-,24-,25?,26?/m0/s1. The number of hydrogen-bond acceptors (Lipinski definition) is 4. The average molecular weight is 444 g/mol. The molecule has 1 N–H and O–H groups in total. The highest BCUT2D eigenvalue weighted by atomic mass is 16.7. The molecule has 5 nitrogen and oxygen atoms in total. The van der Waals surface area contributed by atoms with E-state index in [1.807, 2.05) is 6.92 Å². The fraction of sp³-hybridized carbons (Fsp3) is 0.704. The number of carbonyl (C=O) groups is 2. The number of ether oxygens (including phenoxy) is 2. The van der Waals surface area contributed by atoms with Crippen molar-refractivity contribution in [1.29, 1.82) is 0 Å². The van der Waals surface area contributed by atoms with Crippen molar-refractivity contribution < 1.29 is 19.1 Å². The van der Waals surface area contributed by atoms with Gasteiger partial charge in [0.1, 0.15) is 6.10 Å². The van der Waals surface area contributed by atoms with Crippen LogP contribution in [0.5, 0.6) is 0 Å². The van der Waals surface area contributed by atoms with E-state index in [1.165, 1.54) is 26.2 Å². The summed E-state index contributed by atoms with van der Waals surface area (Å²) in [5.74, 6) is 6.73. The van der Waals surface area contributed by atoms with Crippen LogP contribution in [0.25, 0.3) is 0 Å². The van der Waals surface area contributed by atoms with Gasteiger partial charge in [-0.2, -0.15) is 0 Å². The van der Waals surface area contributed by atoms with Crippen LogP contribution in [0.15, 0.2) is 24.3 Å². The van der Waals surface area contributed by atoms with Gasteiger partial charge in [-0.15, -0.1) is 11.8 Å². The second kappa shape index (κ2) is 15.8. The Balaban J connectivity index is 1.74. The summed E-state index contributed by atoms with van der Waals surface area (Å²) in [5, 5.41) is 2.36. The van der Waals surface area contributed by atoms with Crippen molar-refractivity contribution in [3.05, 3.63) is 24.3 Å². The fourth-order valence-corrected chi connectivity index (χ4v) is 4.47. The van der Waals surface area contributed by atoms with Gasteiger partial charge in [0.15, 0.2) is 6.29 Å². The van der Waals surface area contributed by atoms with Crippen LogP contribution < -0.4 is 5.32 Å². The van der Waals surface area contributed by atoms with Gasteiger partial charge in [0, 0.05) is 20.0 Å². The molecule has 1 saturated heterocycles. The van der Waals surface area contributed by atoms with Gasteiger partial charge >= 0.3 is 0 Å². The summed E-state index contributed by atoms with van der Waals surface area (Å²) in [5.41, 5.74) is 0. The molecule has 178 valence electrons. The topological polar surface area (TPSA) is 64.6 Å². The van der Waals surface area contributed by atoms with E-state index in [4.69, 9.17) is 9.47 Å². The highest BCUT2D eigenvalue weighted by Crippen LogP contribution is 2.35. The molecule has 32 heavy (non-hydrogen) atoms. The van der Waals surface area contributed by atoms with Gasteiger partial charge in [0.2, 0.25) is 5.91 Å². The third-order valence-electron chi connectivity index (χ3n) is 6.20. The van der Waals surface area contributed by atoms with Crippen LogP contribution in [0.3, 0.4) is 0 Å². The van der Waals surface area contributed by atoms with Crippen LogP contribution in [-0.2, 0) is 19.1 Å². The SMILES string of the molecule is CC#CCCCC=C[C@H]1CCC[C@@H]1CC=CCCC(OC1CCCCO1)C(=O)NC(C)=O. The summed E-state index contributed by atoms with van der Waals surface area (Å²) >= 11 is 0. The van der Waals surface area contributed by atoms with E-state index in [9.17, 15) is 9.59 Å². The second-order valence-electron chi connectivity index (χ2n) is 8.85. The maximum absolute atomic E-state index is 12.4. The van der Waals surface area contributed by atoms with Crippen molar-refractivity contribution in [3.8, 4) is 11.8 Å². The second-order valence-corrected chi connectivity index (χ2v) is 8.85. The molecule has 1 aliphatic carbocycles. The monoisotopic (exact) mass is 443 g/mol. The van der Waals surface area contributed by atoms with Crippen LogP contribution in [0.2, 0.25) is 0 Å². The number of rotatable bonds is 12. The minimum absolute atomic E-state index is 0.351. The maximum Gasteiger partial charge on any atom is 0.255 e.